The van der Waals surface area contributed by atoms with Gasteiger partial charge in [0.2, 0.25) is 5.91 Å². The fourth-order valence-electron chi connectivity index (χ4n) is 4.22. The van der Waals surface area contributed by atoms with Crippen molar-refractivity contribution in [2.75, 3.05) is 39.8 Å². The zero-order valence-electron chi connectivity index (χ0n) is 15.3. The molecule has 0 aromatic heterocycles. The summed E-state index contributed by atoms with van der Waals surface area (Å²) in [6.07, 6.45) is 2.62. The van der Waals surface area contributed by atoms with Crippen molar-refractivity contribution in [3.8, 4) is 0 Å². The quantitative estimate of drug-likeness (QED) is 0.878. The number of morpholine rings is 1. The number of hydrogen-bond acceptors (Lipinski definition) is 4. The number of nitrogens with zero attached hydrogens (tertiary/aromatic N) is 2. The molecule has 136 valence electrons. The predicted octanol–water partition coefficient (Wildman–Crippen LogP) is 1.41. The monoisotopic (exact) mass is 343 g/mol. The molecule has 1 spiro atoms. The van der Waals surface area contributed by atoms with Crippen LogP contribution in [0.2, 0.25) is 0 Å². The Balaban J connectivity index is 1.37. The second-order valence-corrected chi connectivity index (χ2v) is 8.07. The van der Waals surface area contributed by atoms with Crippen molar-refractivity contribution in [2.45, 2.75) is 38.0 Å². The van der Waals surface area contributed by atoms with Crippen molar-refractivity contribution in [1.29, 1.82) is 0 Å². The smallest absolute Gasteiger partial charge is 0.239 e. The van der Waals surface area contributed by atoms with Crippen LogP contribution in [-0.4, -0.2) is 67.2 Å². The first kappa shape index (κ1) is 17.0. The van der Waals surface area contributed by atoms with E-state index in [-0.39, 0.29) is 17.6 Å². The van der Waals surface area contributed by atoms with Crippen molar-refractivity contribution in [2.24, 2.45) is 5.92 Å². The van der Waals surface area contributed by atoms with Gasteiger partial charge in [0.25, 0.3) is 0 Å². The summed E-state index contributed by atoms with van der Waals surface area (Å²) in [7, 11) is 1.72. The summed E-state index contributed by atoms with van der Waals surface area (Å²) < 4.78 is 6.22. The van der Waals surface area contributed by atoms with E-state index >= 15 is 0 Å². The number of amides is 1. The molecular formula is C20H29N3O2. The first-order valence-corrected chi connectivity index (χ1v) is 9.45. The van der Waals surface area contributed by atoms with Crippen LogP contribution in [0.1, 0.15) is 24.0 Å². The zero-order chi connectivity index (χ0) is 17.4. The predicted molar refractivity (Wildman–Crippen MR) is 97.3 cm³/mol. The average molecular weight is 343 g/mol. The van der Waals surface area contributed by atoms with Gasteiger partial charge in [-0.15, -0.1) is 0 Å². The summed E-state index contributed by atoms with van der Waals surface area (Å²) in [4.78, 5) is 17.0. The largest absolute Gasteiger partial charge is 0.369 e. The van der Waals surface area contributed by atoms with Crippen molar-refractivity contribution in [1.82, 2.24) is 15.1 Å². The van der Waals surface area contributed by atoms with E-state index in [1.165, 1.54) is 24.0 Å². The molecule has 5 heteroatoms. The molecule has 1 aromatic carbocycles. The Kier molecular flexibility index (Phi) is 4.56. The molecule has 1 N–H and O–H groups in total. The van der Waals surface area contributed by atoms with Crippen LogP contribution in [-0.2, 0) is 16.1 Å². The number of nitrogens with one attached hydrogen (secondary N) is 1. The SMILES string of the molecule is CNC(=O)[C@H]1COC2(CN(Cc3ccccc3C)C2)CN1CC1CC1. The van der Waals surface area contributed by atoms with E-state index in [1.54, 1.807) is 7.05 Å². The van der Waals surface area contributed by atoms with Gasteiger partial charge >= 0.3 is 0 Å². The highest BCUT2D eigenvalue weighted by Crippen LogP contribution is 2.36. The Bertz CT molecular complexity index is 638. The number of carbonyl (C=O) groups is 1. The number of aryl methyl sites for hydroxylation is 1. The Labute approximate surface area is 150 Å². The van der Waals surface area contributed by atoms with Gasteiger partial charge in [-0.3, -0.25) is 14.6 Å². The maximum Gasteiger partial charge on any atom is 0.239 e. The lowest BCUT2D eigenvalue weighted by Gasteiger charge is -2.55. The minimum atomic E-state index is -0.123. The van der Waals surface area contributed by atoms with Crippen LogP contribution in [0.3, 0.4) is 0 Å². The first-order valence-electron chi connectivity index (χ1n) is 9.45. The Morgan fingerprint density at radius 1 is 1.28 bits per heavy atom. The molecule has 2 aliphatic heterocycles. The van der Waals surface area contributed by atoms with E-state index in [1.807, 2.05) is 0 Å². The van der Waals surface area contributed by atoms with Gasteiger partial charge in [-0.1, -0.05) is 24.3 Å². The Morgan fingerprint density at radius 2 is 2.04 bits per heavy atom. The minimum Gasteiger partial charge on any atom is -0.369 e. The summed E-state index contributed by atoms with van der Waals surface area (Å²) in [6.45, 7) is 7.52. The van der Waals surface area contributed by atoms with E-state index in [2.05, 4.69) is 46.3 Å². The Hall–Kier alpha value is -1.43. The highest BCUT2D eigenvalue weighted by atomic mass is 16.5. The maximum atomic E-state index is 12.2. The number of likely N-dealkylation sites (N-methyl/N-ethyl adjacent to an activating group) is 1. The lowest BCUT2D eigenvalue weighted by Crippen LogP contribution is -2.72. The van der Waals surface area contributed by atoms with E-state index in [4.69, 9.17) is 4.74 Å². The second kappa shape index (κ2) is 6.71. The van der Waals surface area contributed by atoms with E-state index in [0.717, 1.165) is 38.6 Å². The van der Waals surface area contributed by atoms with E-state index in [9.17, 15) is 4.79 Å². The molecule has 0 radical (unpaired) electrons. The van der Waals surface area contributed by atoms with E-state index < -0.39 is 0 Å². The lowest BCUT2D eigenvalue weighted by atomic mass is 9.89. The van der Waals surface area contributed by atoms with Crippen LogP contribution in [0.15, 0.2) is 24.3 Å². The molecule has 1 aromatic rings. The molecule has 0 unspecified atom stereocenters. The number of ether oxygens (including phenoxy) is 1. The molecule has 3 aliphatic rings. The van der Waals surface area contributed by atoms with Gasteiger partial charge in [-0.05, 0) is 36.8 Å². The minimum absolute atomic E-state index is 0.0813. The molecule has 5 nitrogen and oxygen atoms in total. The fourth-order valence-corrected chi connectivity index (χ4v) is 4.22. The molecule has 1 aliphatic carbocycles. The molecule has 4 rings (SSSR count). The van der Waals surface area contributed by atoms with Crippen LogP contribution >= 0.6 is 0 Å². The third-order valence-corrected chi connectivity index (χ3v) is 5.90. The number of hydrogen-bond donors (Lipinski definition) is 1. The Morgan fingerprint density at radius 3 is 2.72 bits per heavy atom. The average Bonchev–Trinajstić information content (AvgIpc) is 3.39. The molecule has 1 saturated carbocycles. The third-order valence-electron chi connectivity index (χ3n) is 5.90. The summed E-state index contributed by atoms with van der Waals surface area (Å²) >= 11 is 0. The number of rotatable bonds is 5. The van der Waals surface area contributed by atoms with Gasteiger partial charge in [0.05, 0.1) is 6.61 Å². The van der Waals surface area contributed by atoms with Crippen LogP contribution in [0, 0.1) is 12.8 Å². The molecule has 1 amide bonds. The summed E-state index contributed by atoms with van der Waals surface area (Å²) in [5, 5.41) is 2.80. The van der Waals surface area contributed by atoms with Gasteiger partial charge < -0.3 is 10.1 Å². The van der Waals surface area contributed by atoms with Crippen molar-refractivity contribution < 1.29 is 9.53 Å². The summed E-state index contributed by atoms with van der Waals surface area (Å²) in [5.41, 5.74) is 2.66. The second-order valence-electron chi connectivity index (χ2n) is 8.07. The van der Waals surface area contributed by atoms with Crippen molar-refractivity contribution >= 4 is 5.91 Å². The van der Waals surface area contributed by atoms with Crippen LogP contribution in [0.25, 0.3) is 0 Å². The molecule has 2 saturated heterocycles. The number of carbonyl (C=O) groups excluding carboxylic acids is 1. The molecular weight excluding hydrogens is 314 g/mol. The standard InChI is InChI=1S/C20H29N3O2/c1-15-5-3-4-6-17(15)10-22-12-20(13-22)14-23(9-16-7-8-16)18(11-25-20)19(24)21-2/h3-6,16,18H,7-14H2,1-2H3,(H,21,24)/t18-/m1/s1. The molecule has 3 fully saturated rings. The highest BCUT2D eigenvalue weighted by molar-refractivity contribution is 5.81. The summed E-state index contributed by atoms with van der Waals surface area (Å²) in [6, 6.07) is 8.47. The van der Waals surface area contributed by atoms with Gasteiger partial charge in [0, 0.05) is 39.8 Å². The molecule has 2 heterocycles. The molecule has 0 bridgehead atoms. The lowest BCUT2D eigenvalue weighted by molar-refractivity contribution is -0.203. The third kappa shape index (κ3) is 3.59. The zero-order valence-corrected chi connectivity index (χ0v) is 15.3. The van der Waals surface area contributed by atoms with Gasteiger partial charge in [0.15, 0.2) is 0 Å². The fraction of sp³-hybridized carbons (Fsp3) is 0.650. The van der Waals surface area contributed by atoms with Crippen LogP contribution in [0.4, 0.5) is 0 Å². The molecule has 25 heavy (non-hydrogen) atoms. The van der Waals surface area contributed by atoms with Gasteiger partial charge in [0.1, 0.15) is 11.6 Å². The number of likely N-dealkylation sites (tertiary alicyclic amines) is 1. The normalized spacial score (nSPS) is 26.4. The molecule has 1 atom stereocenters. The summed E-state index contributed by atoms with van der Waals surface area (Å²) in [5.74, 6) is 0.872. The van der Waals surface area contributed by atoms with Gasteiger partial charge in [-0.25, -0.2) is 0 Å². The number of benzene rings is 1. The first-order chi connectivity index (χ1) is 12.1. The van der Waals surface area contributed by atoms with Crippen molar-refractivity contribution in [3.63, 3.8) is 0 Å². The highest BCUT2D eigenvalue weighted by Gasteiger charge is 2.50. The van der Waals surface area contributed by atoms with Crippen LogP contribution in [0.5, 0.6) is 0 Å². The van der Waals surface area contributed by atoms with Crippen molar-refractivity contribution in [3.05, 3.63) is 35.4 Å². The van der Waals surface area contributed by atoms with E-state index in [0.29, 0.717) is 6.61 Å². The topological polar surface area (TPSA) is 44.8 Å². The van der Waals surface area contributed by atoms with Gasteiger partial charge in [-0.2, -0.15) is 0 Å². The van der Waals surface area contributed by atoms with Crippen LogP contribution < -0.4 is 5.32 Å². The maximum absolute atomic E-state index is 12.2.